The average Bonchev–Trinajstić information content (AvgIpc) is 2.87. The van der Waals surface area contributed by atoms with E-state index in [0.29, 0.717) is 29.4 Å². The highest BCUT2D eigenvalue weighted by Gasteiger charge is 2.26. The number of allylic oxidation sites excluding steroid dienone is 1. The summed E-state index contributed by atoms with van der Waals surface area (Å²) in [5.41, 5.74) is 1.63. The molecule has 0 bridgehead atoms. The van der Waals surface area contributed by atoms with E-state index in [1.165, 1.54) is 18.9 Å². The van der Waals surface area contributed by atoms with Gasteiger partial charge < -0.3 is 4.74 Å². The van der Waals surface area contributed by atoms with Crippen molar-refractivity contribution in [3.05, 3.63) is 70.5 Å². The number of hydrogen-bond donors (Lipinski definition) is 0. The Kier molecular flexibility index (Phi) is 8.97. The maximum atomic E-state index is 15.0. The van der Waals surface area contributed by atoms with Gasteiger partial charge >= 0.3 is 0 Å². The Bertz CT molecular complexity index is 999. The maximum Gasteiger partial charge on any atom is 0.166 e. The molecule has 2 aromatic rings. The fraction of sp³-hybridized carbons (Fsp3) is 0.548. The van der Waals surface area contributed by atoms with E-state index in [9.17, 15) is 13.2 Å². The first-order valence-electron chi connectivity index (χ1n) is 13.6. The molecule has 190 valence electrons. The minimum absolute atomic E-state index is 0.133. The Labute approximate surface area is 208 Å². The smallest absolute Gasteiger partial charge is 0.166 e. The summed E-state index contributed by atoms with van der Waals surface area (Å²) in [5, 5.41) is 0. The molecule has 0 N–H and O–H groups in total. The van der Waals surface area contributed by atoms with Crippen LogP contribution in [0.5, 0.6) is 5.75 Å². The fourth-order valence-electron chi connectivity index (χ4n) is 6.15. The molecule has 2 aliphatic rings. The summed E-state index contributed by atoms with van der Waals surface area (Å²) < 4.78 is 49.8. The summed E-state index contributed by atoms with van der Waals surface area (Å²) in [6.45, 7) is 4.61. The van der Waals surface area contributed by atoms with E-state index in [0.717, 1.165) is 62.8 Å². The summed E-state index contributed by atoms with van der Waals surface area (Å²) in [7, 11) is 0. The lowest BCUT2D eigenvalue weighted by atomic mass is 9.77. The van der Waals surface area contributed by atoms with Crippen LogP contribution in [-0.4, -0.2) is 6.61 Å². The summed E-state index contributed by atoms with van der Waals surface area (Å²) in [4.78, 5) is 0. The van der Waals surface area contributed by atoms with E-state index in [1.54, 1.807) is 18.2 Å². The second kappa shape index (κ2) is 12.1. The van der Waals surface area contributed by atoms with Crippen LogP contribution in [0.3, 0.4) is 0 Å². The monoisotopic (exact) mass is 484 g/mol. The van der Waals surface area contributed by atoms with Crippen LogP contribution >= 0.6 is 0 Å². The Morgan fingerprint density at radius 2 is 1.46 bits per heavy atom. The van der Waals surface area contributed by atoms with Crippen LogP contribution in [0.15, 0.2) is 36.4 Å². The van der Waals surface area contributed by atoms with Gasteiger partial charge in [-0.1, -0.05) is 50.1 Å². The number of benzene rings is 2. The molecule has 2 saturated carbocycles. The van der Waals surface area contributed by atoms with Crippen molar-refractivity contribution in [3.8, 4) is 5.75 Å². The Hall–Kier alpha value is -2.23. The van der Waals surface area contributed by atoms with Crippen LogP contribution in [0.2, 0.25) is 0 Å². The molecule has 0 heterocycles. The van der Waals surface area contributed by atoms with E-state index in [2.05, 4.69) is 6.92 Å². The van der Waals surface area contributed by atoms with Gasteiger partial charge in [-0.25, -0.2) is 13.2 Å². The largest absolute Gasteiger partial charge is 0.494 e. The van der Waals surface area contributed by atoms with Gasteiger partial charge in [0, 0.05) is 11.6 Å². The Balaban J connectivity index is 1.34. The third-order valence-corrected chi connectivity index (χ3v) is 8.17. The molecule has 0 atom stereocenters. The quantitative estimate of drug-likeness (QED) is 0.362. The third kappa shape index (κ3) is 6.32. The second-order valence-electron chi connectivity index (χ2n) is 10.5. The van der Waals surface area contributed by atoms with E-state index in [1.807, 2.05) is 25.1 Å². The maximum absolute atomic E-state index is 15.0. The molecule has 0 unspecified atom stereocenters. The minimum atomic E-state index is -0.723. The number of rotatable bonds is 8. The second-order valence-corrected chi connectivity index (χ2v) is 10.5. The van der Waals surface area contributed by atoms with E-state index < -0.39 is 11.6 Å². The SMILES string of the molecule is CCCC1CCC(c2ccc(/C=C/C3CCC(c4ccc(OCC)cc4F)CC3)c(F)c2F)CC1. The number of halogens is 3. The molecule has 2 aliphatic carbocycles. The molecule has 0 radical (unpaired) electrons. The lowest BCUT2D eigenvalue weighted by Gasteiger charge is -2.29. The van der Waals surface area contributed by atoms with Gasteiger partial charge in [-0.15, -0.1) is 0 Å². The van der Waals surface area contributed by atoms with E-state index >= 15 is 0 Å². The molecule has 0 aliphatic heterocycles. The summed E-state index contributed by atoms with van der Waals surface area (Å²) in [5.74, 6) is 0.340. The molecule has 35 heavy (non-hydrogen) atoms. The Morgan fingerprint density at radius 3 is 2.11 bits per heavy atom. The molecule has 1 nitrogen and oxygen atoms in total. The van der Waals surface area contributed by atoms with Crippen molar-refractivity contribution in [1.29, 1.82) is 0 Å². The van der Waals surface area contributed by atoms with Gasteiger partial charge in [-0.3, -0.25) is 0 Å². The highest BCUT2D eigenvalue weighted by atomic mass is 19.2. The topological polar surface area (TPSA) is 9.23 Å². The van der Waals surface area contributed by atoms with Crippen molar-refractivity contribution in [2.75, 3.05) is 6.61 Å². The number of ether oxygens (including phenoxy) is 1. The van der Waals surface area contributed by atoms with E-state index in [-0.39, 0.29) is 17.7 Å². The van der Waals surface area contributed by atoms with Gasteiger partial charge in [0.25, 0.3) is 0 Å². The summed E-state index contributed by atoms with van der Waals surface area (Å²) in [6.07, 6.45) is 13.9. The number of hydrogen-bond acceptors (Lipinski definition) is 1. The van der Waals surface area contributed by atoms with Crippen LogP contribution in [0.1, 0.15) is 107 Å². The van der Waals surface area contributed by atoms with Gasteiger partial charge in [0.15, 0.2) is 11.6 Å². The first-order chi connectivity index (χ1) is 17.0. The standard InChI is InChI=1S/C31H39F3O/c1-3-5-21-6-13-24(14-7-21)28-18-16-25(30(33)31(28)34)15-10-22-8-11-23(12-9-22)27-19-17-26(35-4-2)20-29(27)32/h10,15-24H,3-9,11-14H2,1-2H3/b15-10+. The van der Waals surface area contributed by atoms with Crippen LogP contribution in [0.4, 0.5) is 13.2 Å². The zero-order valence-corrected chi connectivity index (χ0v) is 21.2. The lowest BCUT2D eigenvalue weighted by Crippen LogP contribution is -2.15. The normalized spacial score (nSPS) is 25.2. The highest BCUT2D eigenvalue weighted by Crippen LogP contribution is 2.40. The van der Waals surface area contributed by atoms with Gasteiger partial charge in [-0.2, -0.15) is 0 Å². The lowest BCUT2D eigenvalue weighted by molar-refractivity contribution is 0.303. The van der Waals surface area contributed by atoms with Crippen LogP contribution in [0, 0.1) is 29.3 Å². The van der Waals surface area contributed by atoms with Crippen molar-refractivity contribution in [1.82, 2.24) is 0 Å². The van der Waals surface area contributed by atoms with Crippen LogP contribution in [-0.2, 0) is 0 Å². The summed E-state index contributed by atoms with van der Waals surface area (Å²) in [6, 6.07) is 8.70. The van der Waals surface area contributed by atoms with Gasteiger partial charge in [0.05, 0.1) is 6.61 Å². The van der Waals surface area contributed by atoms with Crippen molar-refractivity contribution < 1.29 is 17.9 Å². The molecule has 2 fully saturated rings. The van der Waals surface area contributed by atoms with Crippen LogP contribution < -0.4 is 4.74 Å². The molecule has 2 aromatic carbocycles. The van der Waals surface area contributed by atoms with Gasteiger partial charge in [0.1, 0.15) is 11.6 Å². The molecule has 0 saturated heterocycles. The first-order valence-corrected chi connectivity index (χ1v) is 13.6. The predicted octanol–water partition coefficient (Wildman–Crippen LogP) is 9.56. The molecular formula is C31H39F3O. The first kappa shape index (κ1) is 25.9. The minimum Gasteiger partial charge on any atom is -0.494 e. The van der Waals surface area contributed by atoms with Crippen LogP contribution in [0.25, 0.3) is 6.08 Å². The Morgan fingerprint density at radius 1 is 0.800 bits per heavy atom. The molecular weight excluding hydrogens is 445 g/mol. The molecule has 0 aromatic heterocycles. The molecule has 4 rings (SSSR count). The van der Waals surface area contributed by atoms with Crippen molar-refractivity contribution in [2.24, 2.45) is 11.8 Å². The summed E-state index contributed by atoms with van der Waals surface area (Å²) >= 11 is 0. The molecule has 0 spiro atoms. The molecule has 0 amide bonds. The average molecular weight is 485 g/mol. The third-order valence-electron chi connectivity index (χ3n) is 8.17. The highest BCUT2D eigenvalue weighted by molar-refractivity contribution is 5.52. The fourth-order valence-corrected chi connectivity index (χ4v) is 6.15. The zero-order chi connectivity index (χ0) is 24.8. The van der Waals surface area contributed by atoms with Crippen molar-refractivity contribution in [2.45, 2.75) is 89.9 Å². The molecule has 4 heteroatoms. The van der Waals surface area contributed by atoms with Gasteiger partial charge in [0.2, 0.25) is 0 Å². The van der Waals surface area contributed by atoms with Crippen molar-refractivity contribution >= 4 is 6.08 Å². The van der Waals surface area contributed by atoms with Gasteiger partial charge in [-0.05, 0) is 99.2 Å². The van der Waals surface area contributed by atoms with Crippen molar-refractivity contribution in [3.63, 3.8) is 0 Å². The van der Waals surface area contributed by atoms with E-state index in [4.69, 9.17) is 4.74 Å². The predicted molar refractivity (Wildman–Crippen MR) is 137 cm³/mol. The zero-order valence-electron chi connectivity index (χ0n) is 21.2.